The zero-order valence-corrected chi connectivity index (χ0v) is 18.2. The lowest BCUT2D eigenvalue weighted by atomic mass is 10.0. The summed E-state index contributed by atoms with van der Waals surface area (Å²) in [5, 5.41) is 18.1. The van der Waals surface area contributed by atoms with Crippen molar-refractivity contribution in [2.45, 2.75) is 38.2 Å². The minimum absolute atomic E-state index is 0.00873. The summed E-state index contributed by atoms with van der Waals surface area (Å²) in [7, 11) is 1.21. The molecule has 1 fully saturated rings. The second kappa shape index (κ2) is 8.35. The number of rotatable bonds is 8. The number of nitrogens with zero attached hydrogens (tertiary/aromatic N) is 4. The second-order valence-corrected chi connectivity index (χ2v) is 8.49. The first-order valence-electron chi connectivity index (χ1n) is 9.76. The smallest absolute Gasteiger partial charge is 0.350 e. The van der Waals surface area contributed by atoms with Crippen molar-refractivity contribution in [2.75, 3.05) is 12.4 Å². The fourth-order valence-electron chi connectivity index (χ4n) is 3.45. The molecule has 3 heterocycles. The fraction of sp³-hybridized carbons (Fsp3) is 0.368. The molecule has 1 atom stereocenters. The number of thiophene rings is 1. The van der Waals surface area contributed by atoms with Gasteiger partial charge >= 0.3 is 11.6 Å². The molecule has 0 aromatic carbocycles. The van der Waals surface area contributed by atoms with Crippen LogP contribution in [0, 0.1) is 10.1 Å². The van der Waals surface area contributed by atoms with Crippen molar-refractivity contribution in [2.24, 2.45) is 5.73 Å². The van der Waals surface area contributed by atoms with Crippen LogP contribution in [-0.2, 0) is 4.79 Å². The number of methoxy groups -OCH3 is 1. The van der Waals surface area contributed by atoms with Gasteiger partial charge in [0.15, 0.2) is 0 Å². The Morgan fingerprint density at radius 2 is 2.12 bits per heavy atom. The van der Waals surface area contributed by atoms with Crippen molar-refractivity contribution >= 4 is 44.7 Å². The predicted octanol–water partition coefficient (Wildman–Crippen LogP) is 3.52. The molecule has 1 aliphatic rings. The van der Waals surface area contributed by atoms with Crippen molar-refractivity contribution in [3.63, 3.8) is 0 Å². The summed E-state index contributed by atoms with van der Waals surface area (Å²) in [6.45, 7) is 1.44. The Kier molecular flexibility index (Phi) is 5.69. The van der Waals surface area contributed by atoms with Gasteiger partial charge < -0.3 is 15.8 Å². The summed E-state index contributed by atoms with van der Waals surface area (Å²) in [6, 6.07) is 0.254. The topological polar surface area (TPSA) is 155 Å². The molecule has 33 heavy (non-hydrogen) atoms. The molecule has 11 nitrogen and oxygen atoms in total. The van der Waals surface area contributed by atoms with E-state index < -0.39 is 40.6 Å². The van der Waals surface area contributed by atoms with Gasteiger partial charge in [-0.1, -0.05) is 0 Å². The van der Waals surface area contributed by atoms with Gasteiger partial charge in [-0.15, -0.1) is 16.4 Å². The number of hydrogen-bond acceptors (Lipinski definition) is 8. The van der Waals surface area contributed by atoms with E-state index in [0.717, 1.165) is 35.1 Å². The number of amides is 2. The average Bonchev–Trinajstić information content (AvgIpc) is 3.41. The number of carbonyl (C=O) groups is 2. The number of nitrogens with two attached hydrogens (primary N) is 1. The van der Waals surface area contributed by atoms with Gasteiger partial charge in [0.05, 0.1) is 17.7 Å². The predicted molar refractivity (Wildman–Crippen MR) is 114 cm³/mol. The number of primary amides is 1. The molecule has 0 radical (unpaired) electrons. The van der Waals surface area contributed by atoms with Crippen LogP contribution in [0.1, 0.15) is 59.1 Å². The molecule has 14 heteroatoms. The number of fused-ring (bicyclic) bond motifs is 1. The third kappa shape index (κ3) is 4.08. The highest BCUT2D eigenvalue weighted by molar-refractivity contribution is 7.21. The van der Waals surface area contributed by atoms with E-state index in [4.69, 9.17) is 10.5 Å². The van der Waals surface area contributed by atoms with Crippen LogP contribution in [0.2, 0.25) is 0 Å². The van der Waals surface area contributed by atoms with Crippen molar-refractivity contribution in [3.8, 4) is 5.88 Å². The molecule has 3 N–H and O–H groups in total. The van der Waals surface area contributed by atoms with Crippen LogP contribution in [0.4, 0.5) is 20.2 Å². The number of carbonyl (C=O) groups excluding carboxylic acids is 2. The molecular weight excluding hydrogens is 462 g/mol. The Hall–Kier alpha value is -3.68. The normalized spacial score (nSPS) is 14.5. The van der Waals surface area contributed by atoms with Crippen molar-refractivity contribution in [1.82, 2.24) is 14.8 Å². The maximum absolute atomic E-state index is 13.4. The fourth-order valence-corrected chi connectivity index (χ4v) is 4.47. The highest BCUT2D eigenvalue weighted by atomic mass is 32.1. The van der Waals surface area contributed by atoms with E-state index in [9.17, 15) is 28.5 Å². The molecule has 3 aromatic heterocycles. The van der Waals surface area contributed by atoms with E-state index in [0.29, 0.717) is 10.9 Å². The number of nitrogens with one attached hydrogen (secondary N) is 1. The van der Waals surface area contributed by atoms with Gasteiger partial charge in [-0.2, -0.15) is 0 Å². The van der Waals surface area contributed by atoms with E-state index in [-0.39, 0.29) is 27.2 Å². The van der Waals surface area contributed by atoms with Crippen LogP contribution >= 0.6 is 11.3 Å². The molecule has 4 rings (SSSR count). The highest BCUT2D eigenvalue weighted by Gasteiger charge is 2.33. The second-order valence-electron chi connectivity index (χ2n) is 7.49. The summed E-state index contributed by atoms with van der Waals surface area (Å²) in [6.07, 6.45) is -0.181. The first kappa shape index (κ1) is 22.5. The number of pyridine rings is 1. The molecule has 0 spiro atoms. The summed E-state index contributed by atoms with van der Waals surface area (Å²) in [5.41, 5.74) is 5.31. The molecule has 0 bridgehead atoms. The minimum atomic E-state index is -2.80. The Morgan fingerprint density at radius 1 is 1.42 bits per heavy atom. The maximum atomic E-state index is 13.4. The molecule has 1 unspecified atom stereocenters. The van der Waals surface area contributed by atoms with E-state index in [1.807, 2.05) is 0 Å². The molecule has 174 valence electrons. The van der Waals surface area contributed by atoms with Crippen LogP contribution in [0.25, 0.3) is 10.2 Å². The Labute approximate surface area is 188 Å². The van der Waals surface area contributed by atoms with Gasteiger partial charge in [-0.05, 0) is 37.3 Å². The van der Waals surface area contributed by atoms with Gasteiger partial charge in [0.25, 0.3) is 12.3 Å². The average molecular weight is 480 g/mol. The Bertz CT molecular complexity index is 1290. The van der Waals surface area contributed by atoms with Gasteiger partial charge in [0.1, 0.15) is 27.6 Å². The molecule has 2 amide bonds. The van der Waals surface area contributed by atoms with Crippen LogP contribution in [0.5, 0.6) is 5.88 Å². The van der Waals surface area contributed by atoms with Gasteiger partial charge in [0, 0.05) is 5.39 Å². The van der Waals surface area contributed by atoms with Gasteiger partial charge in [-0.3, -0.25) is 19.7 Å². The van der Waals surface area contributed by atoms with Gasteiger partial charge in [-0.25, -0.2) is 18.4 Å². The third-order valence-corrected chi connectivity index (χ3v) is 6.37. The SMILES string of the molecule is COc1nn(C(C)C(=O)Nc2c(C(N)=O)sc3nc(C(F)F)cc(C4CC4)c23)cc1[N+](=O)[O-]. The number of ether oxygens (including phenoxy) is 1. The van der Waals surface area contributed by atoms with E-state index in [1.54, 1.807) is 0 Å². The lowest BCUT2D eigenvalue weighted by molar-refractivity contribution is -0.385. The molecule has 3 aromatic rings. The summed E-state index contributed by atoms with van der Waals surface area (Å²) in [5.74, 6) is -1.76. The zero-order valence-electron chi connectivity index (χ0n) is 17.4. The molecule has 1 saturated carbocycles. The molecule has 0 saturated heterocycles. The quantitative estimate of drug-likeness (QED) is 0.369. The van der Waals surface area contributed by atoms with Crippen LogP contribution in [0.3, 0.4) is 0 Å². The summed E-state index contributed by atoms with van der Waals surface area (Å²) >= 11 is 0.821. The molecule has 1 aliphatic carbocycles. The van der Waals surface area contributed by atoms with E-state index in [2.05, 4.69) is 15.4 Å². The highest BCUT2D eigenvalue weighted by Crippen LogP contribution is 2.48. The standard InChI is InChI=1S/C19H18F2N6O5S/c1-7(26-6-11(27(30)31)18(25-26)32-2)17(29)24-13-12-9(8-3-4-8)5-10(15(20)21)23-19(12)33-14(13)16(22)28/h5-8,15H,3-4H2,1-2H3,(H2,22,28)(H,24,29). The first-order chi connectivity index (χ1) is 15.6. The zero-order chi connectivity index (χ0) is 24.0. The number of alkyl halides is 2. The number of anilines is 1. The minimum Gasteiger partial charge on any atom is -0.475 e. The van der Waals surface area contributed by atoms with E-state index in [1.165, 1.54) is 20.1 Å². The number of aromatic nitrogens is 3. The monoisotopic (exact) mass is 480 g/mol. The van der Waals surface area contributed by atoms with Crippen LogP contribution in [0.15, 0.2) is 12.3 Å². The third-order valence-electron chi connectivity index (χ3n) is 5.27. The number of halogens is 2. The largest absolute Gasteiger partial charge is 0.475 e. The van der Waals surface area contributed by atoms with Crippen molar-refractivity contribution < 1.29 is 28.0 Å². The Morgan fingerprint density at radius 3 is 2.64 bits per heavy atom. The van der Waals surface area contributed by atoms with Crippen molar-refractivity contribution in [3.05, 3.63) is 38.5 Å². The van der Waals surface area contributed by atoms with Crippen LogP contribution in [-0.4, -0.2) is 38.6 Å². The first-order valence-corrected chi connectivity index (χ1v) is 10.6. The molecule has 0 aliphatic heterocycles. The summed E-state index contributed by atoms with van der Waals surface area (Å²) in [4.78, 5) is 39.7. The molecular formula is C19H18F2N6O5S. The van der Waals surface area contributed by atoms with Crippen LogP contribution < -0.4 is 15.8 Å². The maximum Gasteiger partial charge on any atom is 0.350 e. The number of hydrogen-bond donors (Lipinski definition) is 2. The Balaban J connectivity index is 1.76. The number of nitro groups is 1. The van der Waals surface area contributed by atoms with E-state index >= 15 is 0 Å². The summed E-state index contributed by atoms with van der Waals surface area (Å²) < 4.78 is 32.7. The van der Waals surface area contributed by atoms with Crippen molar-refractivity contribution in [1.29, 1.82) is 0 Å². The lowest BCUT2D eigenvalue weighted by Crippen LogP contribution is -2.25. The lowest BCUT2D eigenvalue weighted by Gasteiger charge is -2.14. The van der Waals surface area contributed by atoms with Gasteiger partial charge in [0.2, 0.25) is 5.91 Å².